The van der Waals surface area contributed by atoms with Crippen LogP contribution in [0.5, 0.6) is 0 Å². The number of hydrogen-bond acceptors (Lipinski definition) is 4. The van der Waals surface area contributed by atoms with Crippen molar-refractivity contribution in [3.8, 4) is 0 Å². The fraction of sp³-hybridized carbons (Fsp3) is 0.524. The van der Waals surface area contributed by atoms with E-state index in [2.05, 4.69) is 6.58 Å². The Hall–Kier alpha value is -1.47. The lowest BCUT2D eigenvalue weighted by molar-refractivity contribution is -0.315. The van der Waals surface area contributed by atoms with Gasteiger partial charge in [-0.25, -0.2) is 8.42 Å². The molecule has 27 heavy (non-hydrogen) atoms. The molecule has 5 nitrogen and oxygen atoms in total. The quantitative estimate of drug-likeness (QED) is 0.731. The van der Waals surface area contributed by atoms with Gasteiger partial charge in [0.25, 0.3) is 5.91 Å². The molecule has 2 aliphatic heterocycles. The van der Waals surface area contributed by atoms with Crippen LogP contribution in [0, 0.1) is 12.3 Å². The van der Waals surface area contributed by atoms with Gasteiger partial charge in [-0.05, 0) is 39.3 Å². The van der Waals surface area contributed by atoms with E-state index in [0.717, 1.165) is 11.1 Å². The molecule has 0 aliphatic carbocycles. The van der Waals surface area contributed by atoms with E-state index < -0.39 is 22.0 Å². The first-order valence-corrected chi connectivity index (χ1v) is 10.6. The number of hydrogen-bond donors (Lipinski definition) is 0. The van der Waals surface area contributed by atoms with Gasteiger partial charge < -0.3 is 9.47 Å². The number of allylic oxidation sites excluding steroid dienone is 1. The van der Waals surface area contributed by atoms with Gasteiger partial charge in [0.2, 0.25) is 10.0 Å². The van der Waals surface area contributed by atoms with E-state index in [0.29, 0.717) is 25.2 Å². The highest BCUT2D eigenvalue weighted by Gasteiger charge is 2.59. The van der Waals surface area contributed by atoms with Crippen molar-refractivity contribution in [2.24, 2.45) is 5.41 Å². The molecule has 148 valence electrons. The van der Waals surface area contributed by atoms with Gasteiger partial charge in [0.05, 0.1) is 24.2 Å². The maximum absolute atomic E-state index is 13.6. The highest BCUT2D eigenvalue weighted by atomic mass is 32.2. The zero-order valence-electron chi connectivity index (χ0n) is 16.8. The minimum Gasteiger partial charge on any atom is -0.332 e. The molecule has 0 bridgehead atoms. The van der Waals surface area contributed by atoms with Crippen LogP contribution >= 0.6 is 0 Å². The molecule has 1 aromatic carbocycles. The van der Waals surface area contributed by atoms with E-state index in [1.807, 2.05) is 40.7 Å². The van der Waals surface area contributed by atoms with Crippen molar-refractivity contribution in [1.29, 1.82) is 0 Å². The Morgan fingerprint density at radius 2 is 1.74 bits per heavy atom. The number of rotatable bonds is 3. The zero-order valence-corrected chi connectivity index (χ0v) is 17.6. The Kier molecular flexibility index (Phi) is 5.14. The van der Waals surface area contributed by atoms with Gasteiger partial charge in [0.1, 0.15) is 0 Å². The van der Waals surface area contributed by atoms with Crippen LogP contribution in [0.4, 0.5) is 0 Å². The lowest BCUT2D eigenvalue weighted by atomic mass is 9.95. The number of nitrogens with zero attached hydrogens (tertiary/aromatic N) is 1. The van der Waals surface area contributed by atoms with Crippen molar-refractivity contribution < 1.29 is 17.9 Å². The third kappa shape index (κ3) is 3.63. The molecule has 0 saturated carbocycles. The summed E-state index contributed by atoms with van der Waals surface area (Å²) in [6.07, 6.45) is 2.41. The topological polar surface area (TPSA) is 55.8 Å². The highest BCUT2D eigenvalue weighted by molar-refractivity contribution is 7.89. The van der Waals surface area contributed by atoms with E-state index in [1.54, 1.807) is 24.3 Å². The van der Waals surface area contributed by atoms with Crippen molar-refractivity contribution in [1.82, 2.24) is 4.31 Å². The molecule has 2 aliphatic rings. The molecule has 0 N–H and O–H groups in total. The highest BCUT2D eigenvalue weighted by Crippen LogP contribution is 2.47. The molecule has 1 spiro atoms. The fourth-order valence-electron chi connectivity index (χ4n) is 3.51. The Balaban J connectivity index is 2.11. The summed E-state index contributed by atoms with van der Waals surface area (Å²) in [5.41, 5.74) is 2.49. The maximum Gasteiger partial charge on any atom is 0.267 e. The minimum atomic E-state index is -3.85. The summed E-state index contributed by atoms with van der Waals surface area (Å²) in [7, 11) is -3.85. The molecule has 0 aromatic heterocycles. The molecule has 1 unspecified atom stereocenters. The fourth-order valence-corrected chi connectivity index (χ4v) is 5.26. The predicted molar refractivity (Wildman–Crippen MR) is 106 cm³/mol. The third-order valence-electron chi connectivity index (χ3n) is 4.91. The van der Waals surface area contributed by atoms with Crippen LogP contribution < -0.4 is 0 Å². The first-order valence-electron chi connectivity index (χ1n) is 9.20. The first-order chi connectivity index (χ1) is 12.5. The number of ether oxygens (including phenoxy) is 2. The van der Waals surface area contributed by atoms with Crippen molar-refractivity contribution in [3.05, 3.63) is 53.6 Å². The average molecular weight is 392 g/mol. The number of aryl methyl sites for hydroxylation is 1. The van der Waals surface area contributed by atoms with E-state index in [9.17, 15) is 8.42 Å². The second-order valence-electron chi connectivity index (χ2n) is 8.56. The molecule has 6 heteroatoms. The Labute approximate surface area is 162 Å². The van der Waals surface area contributed by atoms with Crippen LogP contribution in [0.15, 0.2) is 53.0 Å². The third-order valence-corrected chi connectivity index (χ3v) is 6.81. The number of benzene rings is 1. The van der Waals surface area contributed by atoms with Crippen LogP contribution in [0.2, 0.25) is 0 Å². The SMILES string of the molecule is C=C1CC(C=C(C)C)N(S(=O)(=O)c2ccc(C)cc2)C12OCC(C)(C)CO2. The number of sulfonamides is 1. The van der Waals surface area contributed by atoms with Gasteiger partial charge in [0, 0.05) is 11.0 Å². The van der Waals surface area contributed by atoms with Crippen LogP contribution in [-0.2, 0) is 19.5 Å². The second kappa shape index (κ2) is 6.85. The summed E-state index contributed by atoms with van der Waals surface area (Å²) in [4.78, 5) is 0.228. The summed E-state index contributed by atoms with van der Waals surface area (Å²) >= 11 is 0. The van der Waals surface area contributed by atoms with Crippen LogP contribution in [-0.4, -0.2) is 37.9 Å². The maximum atomic E-state index is 13.6. The van der Waals surface area contributed by atoms with Crippen molar-refractivity contribution in [3.63, 3.8) is 0 Å². The molecular weight excluding hydrogens is 362 g/mol. The summed E-state index contributed by atoms with van der Waals surface area (Å²) in [5.74, 6) is -1.45. The van der Waals surface area contributed by atoms with Gasteiger partial charge >= 0.3 is 0 Å². The monoisotopic (exact) mass is 391 g/mol. The van der Waals surface area contributed by atoms with Crippen LogP contribution in [0.25, 0.3) is 0 Å². The Morgan fingerprint density at radius 3 is 2.26 bits per heavy atom. The largest absolute Gasteiger partial charge is 0.332 e. The predicted octanol–water partition coefficient (Wildman–Crippen LogP) is 4.01. The molecule has 3 rings (SSSR count). The molecular formula is C21H29NO4S. The van der Waals surface area contributed by atoms with E-state index in [4.69, 9.17) is 9.47 Å². The normalized spacial score (nSPS) is 24.9. The lowest BCUT2D eigenvalue weighted by Gasteiger charge is -2.46. The summed E-state index contributed by atoms with van der Waals surface area (Å²) in [6.45, 7) is 14.8. The standard InChI is InChI=1S/C21H29NO4S/c1-15(2)11-18-12-17(4)21(25-13-20(5,6)14-26-21)22(18)27(23,24)19-9-7-16(3)8-10-19/h7-11,18H,4,12-14H2,1-3,5-6H3. The Morgan fingerprint density at radius 1 is 1.19 bits per heavy atom. The molecule has 2 saturated heterocycles. The van der Waals surface area contributed by atoms with Gasteiger partial charge in [-0.3, -0.25) is 0 Å². The van der Waals surface area contributed by atoms with Crippen LogP contribution in [0.3, 0.4) is 0 Å². The van der Waals surface area contributed by atoms with Gasteiger partial charge in [-0.15, -0.1) is 4.31 Å². The first kappa shape index (κ1) is 20.3. The van der Waals surface area contributed by atoms with E-state index >= 15 is 0 Å². The zero-order chi connectivity index (χ0) is 20.0. The molecule has 1 aromatic rings. The smallest absolute Gasteiger partial charge is 0.267 e. The lowest BCUT2D eigenvalue weighted by Crippen LogP contribution is -2.59. The van der Waals surface area contributed by atoms with Gasteiger partial charge in [-0.2, -0.15) is 0 Å². The molecule has 0 radical (unpaired) electrons. The van der Waals surface area contributed by atoms with Crippen molar-refractivity contribution in [2.45, 2.75) is 57.9 Å². The summed E-state index contributed by atoms with van der Waals surface area (Å²) < 4.78 is 40.8. The minimum absolute atomic E-state index is 0.181. The van der Waals surface area contributed by atoms with Crippen LogP contribution in [0.1, 0.15) is 39.7 Å². The molecule has 0 amide bonds. The van der Waals surface area contributed by atoms with Gasteiger partial charge in [0.15, 0.2) is 0 Å². The summed E-state index contributed by atoms with van der Waals surface area (Å²) in [5, 5.41) is 0. The Bertz CT molecular complexity index is 854. The van der Waals surface area contributed by atoms with Crippen molar-refractivity contribution >= 4 is 10.0 Å². The van der Waals surface area contributed by atoms with Gasteiger partial charge in [-0.1, -0.05) is 49.8 Å². The second-order valence-corrected chi connectivity index (χ2v) is 10.4. The van der Waals surface area contributed by atoms with E-state index in [-0.39, 0.29) is 10.3 Å². The molecule has 1 atom stereocenters. The van der Waals surface area contributed by atoms with E-state index in [1.165, 1.54) is 4.31 Å². The average Bonchev–Trinajstić information content (AvgIpc) is 2.82. The summed E-state index contributed by atoms with van der Waals surface area (Å²) in [6, 6.07) is 6.46. The molecule has 2 fully saturated rings. The molecule has 2 heterocycles. The van der Waals surface area contributed by atoms with Crippen molar-refractivity contribution in [2.75, 3.05) is 13.2 Å².